The number of anilines is 2. The fraction of sp³-hybridized carbons (Fsp3) is 0.696. The van der Waals surface area contributed by atoms with E-state index in [-0.39, 0.29) is 0 Å². The van der Waals surface area contributed by atoms with Crippen LogP contribution >= 0.6 is 0 Å². The lowest BCUT2D eigenvalue weighted by molar-refractivity contribution is 0.256. The number of nitrogens with zero attached hydrogens (tertiary/aromatic N) is 1. The maximum atomic E-state index is 11.8. The van der Waals surface area contributed by atoms with Gasteiger partial charge in [0.25, 0.3) is 0 Å². The zero-order valence-electron chi connectivity index (χ0n) is 18.9. The van der Waals surface area contributed by atoms with Gasteiger partial charge in [-0.05, 0) is 43.0 Å². The predicted molar refractivity (Wildman–Crippen MR) is 126 cm³/mol. The summed E-state index contributed by atoms with van der Waals surface area (Å²) in [5.41, 5.74) is 4.06. The van der Waals surface area contributed by atoms with Crippen molar-refractivity contribution in [3.8, 4) is 0 Å². The molecule has 0 aliphatic carbocycles. The summed E-state index contributed by atoms with van der Waals surface area (Å²) in [7, 11) is -3.57. The lowest BCUT2D eigenvalue weighted by Crippen LogP contribution is -2.33. The number of unbranched alkanes of at least 4 members (excludes halogenated alkanes) is 9. The molecule has 0 atom stereocenters. The number of carbonyl (C=O) groups excluding carboxylic acids is 1. The van der Waals surface area contributed by atoms with Gasteiger partial charge in [0.05, 0.1) is 6.26 Å². The van der Waals surface area contributed by atoms with Crippen LogP contribution in [0.25, 0.3) is 0 Å². The Balaban J connectivity index is 1.73. The minimum atomic E-state index is -3.57. The van der Waals surface area contributed by atoms with Crippen molar-refractivity contribution in [1.82, 2.24) is 4.72 Å². The second kappa shape index (κ2) is 12.2. The molecule has 30 heavy (non-hydrogen) atoms. The number of sulfonamides is 1. The first-order valence-electron chi connectivity index (χ1n) is 11.5. The Bertz CT molecular complexity index is 793. The number of amides is 2. The standard InChI is InChI=1S/C23H39N3O3S/c1-4-5-6-7-8-9-10-11-12-13-15-26-16-14-20-18-21(19(2)17-22(20)26)24-23(27)25-30(3,28)29/h17-18H,4-16H2,1-3H3,(H2,24,25,27). The Labute approximate surface area is 182 Å². The molecular formula is C23H39N3O3S. The number of carbonyl (C=O) groups is 1. The lowest BCUT2D eigenvalue weighted by Gasteiger charge is -2.20. The molecule has 7 heteroatoms. The largest absolute Gasteiger partial charge is 0.371 e. The molecule has 0 saturated carbocycles. The van der Waals surface area contributed by atoms with Crippen LogP contribution in [0.1, 0.15) is 82.3 Å². The Morgan fingerprint density at radius 3 is 2.20 bits per heavy atom. The summed E-state index contributed by atoms with van der Waals surface area (Å²) in [6.07, 6.45) is 15.3. The van der Waals surface area contributed by atoms with Gasteiger partial charge in [-0.25, -0.2) is 17.9 Å². The van der Waals surface area contributed by atoms with Gasteiger partial charge < -0.3 is 10.2 Å². The molecule has 0 aromatic heterocycles. The summed E-state index contributed by atoms with van der Waals surface area (Å²) in [5, 5.41) is 2.65. The molecule has 2 rings (SSSR count). The summed E-state index contributed by atoms with van der Waals surface area (Å²) in [5.74, 6) is 0. The quantitative estimate of drug-likeness (QED) is 0.407. The predicted octanol–water partition coefficient (Wildman–Crippen LogP) is 5.36. The number of urea groups is 1. The van der Waals surface area contributed by atoms with Gasteiger partial charge in [0, 0.05) is 24.5 Å². The van der Waals surface area contributed by atoms with Crippen LogP contribution in [0.15, 0.2) is 12.1 Å². The highest BCUT2D eigenvalue weighted by molar-refractivity contribution is 7.89. The third-order valence-corrected chi connectivity index (χ3v) is 6.28. The topological polar surface area (TPSA) is 78.5 Å². The zero-order chi connectivity index (χ0) is 22.0. The third-order valence-electron chi connectivity index (χ3n) is 5.73. The van der Waals surface area contributed by atoms with Crippen molar-refractivity contribution in [2.24, 2.45) is 0 Å². The molecule has 1 aliphatic rings. The molecule has 6 nitrogen and oxygen atoms in total. The second-order valence-electron chi connectivity index (χ2n) is 8.54. The van der Waals surface area contributed by atoms with Gasteiger partial charge in [-0.2, -0.15) is 0 Å². The Morgan fingerprint density at radius 2 is 1.60 bits per heavy atom. The molecule has 1 aromatic rings. The molecule has 0 bridgehead atoms. The maximum absolute atomic E-state index is 11.8. The molecule has 1 heterocycles. The van der Waals surface area contributed by atoms with Gasteiger partial charge in [-0.1, -0.05) is 64.7 Å². The summed E-state index contributed by atoms with van der Waals surface area (Å²) < 4.78 is 24.4. The van der Waals surface area contributed by atoms with E-state index >= 15 is 0 Å². The average Bonchev–Trinajstić information content (AvgIpc) is 3.03. The monoisotopic (exact) mass is 437 g/mol. The molecule has 0 fully saturated rings. The van der Waals surface area contributed by atoms with Crippen molar-refractivity contribution in [2.75, 3.05) is 29.6 Å². The van der Waals surface area contributed by atoms with Crippen LogP contribution in [0, 0.1) is 6.92 Å². The number of hydrogen-bond acceptors (Lipinski definition) is 4. The van der Waals surface area contributed by atoms with E-state index in [2.05, 4.69) is 23.2 Å². The molecule has 1 aliphatic heterocycles. The van der Waals surface area contributed by atoms with Crippen molar-refractivity contribution in [3.05, 3.63) is 23.3 Å². The molecule has 0 unspecified atom stereocenters. The zero-order valence-corrected chi connectivity index (χ0v) is 19.7. The van der Waals surface area contributed by atoms with Crippen molar-refractivity contribution >= 4 is 27.4 Å². The summed E-state index contributed by atoms with van der Waals surface area (Å²) in [4.78, 5) is 14.3. The maximum Gasteiger partial charge on any atom is 0.332 e. The van der Waals surface area contributed by atoms with E-state index < -0.39 is 16.1 Å². The fourth-order valence-corrected chi connectivity index (χ4v) is 4.47. The molecule has 2 amide bonds. The lowest BCUT2D eigenvalue weighted by atomic mass is 10.1. The number of rotatable bonds is 13. The highest BCUT2D eigenvalue weighted by Crippen LogP contribution is 2.33. The van der Waals surface area contributed by atoms with Gasteiger partial charge in [-0.3, -0.25) is 0 Å². The molecule has 0 saturated heterocycles. The molecule has 0 spiro atoms. The van der Waals surface area contributed by atoms with Gasteiger partial charge in [0.15, 0.2) is 0 Å². The minimum absolute atomic E-state index is 0.663. The van der Waals surface area contributed by atoms with Gasteiger partial charge in [0.1, 0.15) is 0 Å². The van der Waals surface area contributed by atoms with Crippen LogP contribution in [-0.2, 0) is 16.4 Å². The second-order valence-corrected chi connectivity index (χ2v) is 10.3. The van der Waals surface area contributed by atoms with Gasteiger partial charge >= 0.3 is 6.03 Å². The Morgan fingerprint density at radius 1 is 1.00 bits per heavy atom. The Hall–Kier alpha value is -1.76. The average molecular weight is 438 g/mol. The normalized spacial score (nSPS) is 13.4. The summed E-state index contributed by atoms with van der Waals surface area (Å²) in [6, 6.07) is 3.36. The Kier molecular flexibility index (Phi) is 9.95. The van der Waals surface area contributed by atoms with Crippen molar-refractivity contribution in [3.63, 3.8) is 0 Å². The van der Waals surface area contributed by atoms with E-state index in [1.54, 1.807) is 0 Å². The molecule has 170 valence electrons. The van der Waals surface area contributed by atoms with Crippen LogP contribution in [-0.4, -0.2) is 33.8 Å². The highest BCUT2D eigenvalue weighted by Gasteiger charge is 2.21. The summed E-state index contributed by atoms with van der Waals surface area (Å²) in [6.45, 7) is 6.28. The van der Waals surface area contributed by atoms with Crippen molar-refractivity contribution in [1.29, 1.82) is 0 Å². The fourth-order valence-electron chi connectivity index (χ4n) is 4.08. The molecule has 0 radical (unpaired) electrons. The van der Waals surface area contributed by atoms with Gasteiger partial charge in [-0.15, -0.1) is 0 Å². The van der Waals surface area contributed by atoms with Crippen LogP contribution in [0.2, 0.25) is 0 Å². The number of aryl methyl sites for hydroxylation is 1. The SMILES string of the molecule is CCCCCCCCCCCCN1CCc2cc(NC(=O)NS(C)(=O)=O)c(C)cc21. The van der Waals surface area contributed by atoms with Crippen molar-refractivity contribution in [2.45, 2.75) is 84.5 Å². The van der Waals surface area contributed by atoms with E-state index in [4.69, 9.17) is 0 Å². The van der Waals surface area contributed by atoms with E-state index in [0.717, 1.165) is 31.3 Å². The third kappa shape index (κ3) is 8.54. The minimum Gasteiger partial charge on any atom is -0.371 e. The van der Waals surface area contributed by atoms with E-state index in [1.807, 2.05) is 17.7 Å². The smallest absolute Gasteiger partial charge is 0.332 e. The van der Waals surface area contributed by atoms with Crippen LogP contribution in [0.4, 0.5) is 16.2 Å². The van der Waals surface area contributed by atoms with Gasteiger partial charge in [0.2, 0.25) is 10.0 Å². The highest BCUT2D eigenvalue weighted by atomic mass is 32.2. The molecule has 2 N–H and O–H groups in total. The van der Waals surface area contributed by atoms with Crippen LogP contribution in [0.3, 0.4) is 0 Å². The first kappa shape index (κ1) is 24.5. The number of benzene rings is 1. The first-order chi connectivity index (χ1) is 14.3. The van der Waals surface area contributed by atoms with Crippen molar-refractivity contribution < 1.29 is 13.2 Å². The first-order valence-corrected chi connectivity index (χ1v) is 13.4. The molecular weight excluding hydrogens is 398 g/mol. The van der Waals surface area contributed by atoms with Crippen LogP contribution in [0.5, 0.6) is 0 Å². The van der Waals surface area contributed by atoms with Crippen LogP contribution < -0.4 is 14.9 Å². The summed E-state index contributed by atoms with van der Waals surface area (Å²) >= 11 is 0. The molecule has 1 aromatic carbocycles. The van der Waals surface area contributed by atoms with E-state index in [9.17, 15) is 13.2 Å². The van der Waals surface area contributed by atoms with E-state index in [1.165, 1.54) is 75.5 Å². The number of hydrogen-bond donors (Lipinski definition) is 2. The van der Waals surface area contributed by atoms with E-state index in [0.29, 0.717) is 5.69 Å². The number of fused-ring (bicyclic) bond motifs is 1. The number of nitrogens with one attached hydrogen (secondary N) is 2.